The van der Waals surface area contributed by atoms with Crippen LogP contribution in [0.2, 0.25) is 0 Å². The van der Waals surface area contributed by atoms with Crippen molar-refractivity contribution < 1.29 is 9.53 Å². The maximum Gasteiger partial charge on any atom is 0.253 e. The summed E-state index contributed by atoms with van der Waals surface area (Å²) in [4.78, 5) is 14.9. The van der Waals surface area contributed by atoms with Gasteiger partial charge in [0.2, 0.25) is 0 Å². The summed E-state index contributed by atoms with van der Waals surface area (Å²) in [6.45, 7) is 2.27. The van der Waals surface area contributed by atoms with E-state index in [1.807, 2.05) is 30.3 Å². The predicted molar refractivity (Wildman–Crippen MR) is 86.6 cm³/mol. The van der Waals surface area contributed by atoms with Gasteiger partial charge in [-0.25, -0.2) is 0 Å². The summed E-state index contributed by atoms with van der Waals surface area (Å²) in [5, 5.41) is 0. The van der Waals surface area contributed by atoms with Crippen molar-refractivity contribution in [2.75, 3.05) is 19.7 Å². The Balaban J connectivity index is 1.49. The number of benzene rings is 1. The zero-order chi connectivity index (χ0) is 14.9. The minimum Gasteiger partial charge on any atom is -0.488 e. The number of carbonyl (C=O) groups excluding carboxylic acids is 1. The largest absolute Gasteiger partial charge is 0.488 e. The number of fused-ring (bicyclic) bond motifs is 2. The molecule has 1 saturated carbocycles. The monoisotopic (exact) mass is 297 g/mol. The first kappa shape index (κ1) is 13.9. The number of hydrogen-bond donors (Lipinski definition) is 0. The van der Waals surface area contributed by atoms with E-state index < -0.39 is 0 Å². The highest BCUT2D eigenvalue weighted by Gasteiger charge is 2.34. The van der Waals surface area contributed by atoms with Gasteiger partial charge in [0, 0.05) is 18.7 Å². The van der Waals surface area contributed by atoms with Crippen LogP contribution in [0.4, 0.5) is 0 Å². The van der Waals surface area contributed by atoms with Crippen LogP contribution in [0.1, 0.15) is 37.7 Å². The first-order valence-electron chi connectivity index (χ1n) is 8.53. The van der Waals surface area contributed by atoms with Crippen molar-refractivity contribution in [2.24, 2.45) is 11.8 Å². The van der Waals surface area contributed by atoms with Gasteiger partial charge >= 0.3 is 0 Å². The topological polar surface area (TPSA) is 29.5 Å². The van der Waals surface area contributed by atoms with Gasteiger partial charge in [0.15, 0.2) is 0 Å². The van der Waals surface area contributed by atoms with Gasteiger partial charge in [-0.3, -0.25) is 4.79 Å². The Kier molecular flexibility index (Phi) is 3.65. The van der Waals surface area contributed by atoms with Crippen molar-refractivity contribution in [3.63, 3.8) is 0 Å². The fraction of sp³-hybridized carbons (Fsp3) is 0.526. The third-order valence-electron chi connectivity index (χ3n) is 5.49. The minimum atomic E-state index is 0.179. The molecule has 1 amide bonds. The van der Waals surface area contributed by atoms with Crippen LogP contribution in [0.5, 0.6) is 5.75 Å². The average Bonchev–Trinajstić information content (AvgIpc) is 2.60. The van der Waals surface area contributed by atoms with E-state index in [1.54, 1.807) is 0 Å². The average molecular weight is 297 g/mol. The van der Waals surface area contributed by atoms with Crippen molar-refractivity contribution in [3.8, 4) is 5.75 Å². The molecule has 116 valence electrons. The molecule has 0 aromatic heterocycles. The van der Waals surface area contributed by atoms with Crippen molar-refractivity contribution in [2.45, 2.75) is 32.1 Å². The maximum atomic E-state index is 12.8. The lowest BCUT2D eigenvalue weighted by Gasteiger charge is -2.41. The number of likely N-dealkylation sites (tertiary alicyclic amines) is 1. The van der Waals surface area contributed by atoms with Crippen LogP contribution in [0.25, 0.3) is 6.08 Å². The van der Waals surface area contributed by atoms with E-state index in [9.17, 15) is 4.79 Å². The summed E-state index contributed by atoms with van der Waals surface area (Å²) >= 11 is 0. The van der Waals surface area contributed by atoms with Gasteiger partial charge in [0.25, 0.3) is 5.91 Å². The van der Waals surface area contributed by atoms with E-state index >= 15 is 0 Å². The van der Waals surface area contributed by atoms with Crippen LogP contribution in [-0.2, 0) is 4.79 Å². The Bertz CT molecular complexity index is 607. The van der Waals surface area contributed by atoms with Crippen LogP contribution >= 0.6 is 0 Å². The zero-order valence-corrected chi connectivity index (χ0v) is 13.0. The second kappa shape index (κ2) is 5.79. The van der Waals surface area contributed by atoms with Crippen molar-refractivity contribution in [1.82, 2.24) is 4.90 Å². The van der Waals surface area contributed by atoms with Gasteiger partial charge < -0.3 is 9.64 Å². The molecule has 22 heavy (non-hydrogen) atoms. The Morgan fingerprint density at radius 2 is 1.91 bits per heavy atom. The lowest BCUT2D eigenvalue weighted by Crippen LogP contribution is -2.45. The first-order chi connectivity index (χ1) is 10.8. The van der Waals surface area contributed by atoms with Crippen molar-refractivity contribution in [3.05, 3.63) is 35.4 Å². The molecule has 0 N–H and O–H groups in total. The Labute approximate surface area is 132 Å². The predicted octanol–water partition coefficient (Wildman–Crippen LogP) is 3.50. The highest BCUT2D eigenvalue weighted by Crippen LogP contribution is 2.36. The van der Waals surface area contributed by atoms with Gasteiger partial charge in [-0.1, -0.05) is 37.5 Å². The number of carbonyl (C=O) groups is 1. The molecule has 1 aliphatic carbocycles. The smallest absolute Gasteiger partial charge is 0.253 e. The molecular formula is C19H23NO2. The highest BCUT2D eigenvalue weighted by atomic mass is 16.5. The molecule has 0 unspecified atom stereocenters. The fourth-order valence-corrected chi connectivity index (χ4v) is 4.23. The molecule has 0 bridgehead atoms. The number of hydrogen-bond acceptors (Lipinski definition) is 2. The van der Waals surface area contributed by atoms with Gasteiger partial charge in [-0.2, -0.15) is 0 Å². The van der Waals surface area contributed by atoms with Crippen molar-refractivity contribution in [1.29, 1.82) is 0 Å². The van der Waals surface area contributed by atoms with E-state index in [4.69, 9.17) is 4.74 Å². The lowest BCUT2D eigenvalue weighted by molar-refractivity contribution is -0.130. The van der Waals surface area contributed by atoms with E-state index in [0.29, 0.717) is 6.61 Å². The second-order valence-corrected chi connectivity index (χ2v) is 6.84. The van der Waals surface area contributed by atoms with Crippen LogP contribution in [0.15, 0.2) is 29.8 Å². The number of piperidine rings is 1. The zero-order valence-electron chi connectivity index (χ0n) is 13.0. The number of ether oxygens (including phenoxy) is 1. The highest BCUT2D eigenvalue weighted by molar-refractivity contribution is 5.99. The van der Waals surface area contributed by atoms with Gasteiger partial charge in [-0.15, -0.1) is 0 Å². The molecule has 2 fully saturated rings. The molecule has 2 atom stereocenters. The number of nitrogens with zero attached hydrogens (tertiary/aromatic N) is 1. The summed E-state index contributed by atoms with van der Waals surface area (Å²) in [6, 6.07) is 7.92. The molecule has 0 radical (unpaired) electrons. The molecular weight excluding hydrogens is 274 g/mol. The number of amides is 1. The maximum absolute atomic E-state index is 12.8. The van der Waals surface area contributed by atoms with E-state index in [0.717, 1.165) is 41.8 Å². The molecule has 3 nitrogen and oxygen atoms in total. The summed E-state index contributed by atoms with van der Waals surface area (Å²) in [5.41, 5.74) is 1.82. The molecule has 3 heteroatoms. The van der Waals surface area contributed by atoms with Crippen LogP contribution in [-0.4, -0.2) is 30.5 Å². The van der Waals surface area contributed by atoms with E-state index in [-0.39, 0.29) is 5.91 Å². The summed E-state index contributed by atoms with van der Waals surface area (Å²) in [5.74, 6) is 2.64. The Morgan fingerprint density at radius 1 is 1.09 bits per heavy atom. The SMILES string of the molecule is O=C(C1=Cc2ccccc2OC1)N1CC[C@H]2CCCC[C@@H]2C1. The summed E-state index contributed by atoms with van der Waals surface area (Å²) in [7, 11) is 0. The Hall–Kier alpha value is -1.77. The normalized spacial score (nSPS) is 27.3. The van der Waals surface area contributed by atoms with Crippen LogP contribution in [0, 0.1) is 11.8 Å². The number of rotatable bonds is 1. The third-order valence-corrected chi connectivity index (χ3v) is 5.49. The molecule has 2 heterocycles. The molecule has 1 saturated heterocycles. The fourth-order valence-electron chi connectivity index (χ4n) is 4.23. The van der Waals surface area contributed by atoms with E-state index in [2.05, 4.69) is 4.90 Å². The van der Waals surface area contributed by atoms with Gasteiger partial charge in [0.1, 0.15) is 12.4 Å². The minimum absolute atomic E-state index is 0.179. The lowest BCUT2D eigenvalue weighted by atomic mass is 9.75. The Morgan fingerprint density at radius 3 is 2.82 bits per heavy atom. The van der Waals surface area contributed by atoms with Crippen LogP contribution < -0.4 is 4.74 Å². The molecule has 1 aromatic rings. The molecule has 0 spiro atoms. The second-order valence-electron chi connectivity index (χ2n) is 6.84. The molecule has 4 rings (SSSR count). The standard InChI is InChI=1S/C19H23NO2/c21-19(17-11-15-6-3-4-8-18(15)22-13-17)20-10-9-14-5-1-2-7-16(14)12-20/h3-4,6,8,11,14,16H,1-2,5,7,9-10,12-13H2/t14-,16-/m1/s1. The third kappa shape index (κ3) is 2.53. The van der Waals surface area contributed by atoms with Crippen molar-refractivity contribution >= 4 is 12.0 Å². The first-order valence-corrected chi connectivity index (χ1v) is 8.53. The summed E-state index contributed by atoms with van der Waals surface area (Å²) < 4.78 is 5.74. The molecule has 2 aliphatic heterocycles. The number of para-hydroxylation sites is 1. The summed E-state index contributed by atoms with van der Waals surface area (Å²) in [6.07, 6.45) is 8.57. The van der Waals surface area contributed by atoms with Gasteiger partial charge in [0.05, 0.1) is 5.57 Å². The molecule has 3 aliphatic rings. The molecule has 1 aromatic carbocycles. The van der Waals surface area contributed by atoms with Gasteiger partial charge in [-0.05, 0) is 36.8 Å². The van der Waals surface area contributed by atoms with Crippen LogP contribution in [0.3, 0.4) is 0 Å². The van der Waals surface area contributed by atoms with E-state index in [1.165, 1.54) is 32.1 Å². The quantitative estimate of drug-likeness (QED) is 0.794.